The van der Waals surface area contributed by atoms with Crippen molar-refractivity contribution in [1.29, 1.82) is 0 Å². The van der Waals surface area contributed by atoms with Gasteiger partial charge in [0, 0.05) is 31.4 Å². The molecule has 1 N–H and O–H groups in total. The summed E-state index contributed by atoms with van der Waals surface area (Å²) < 4.78 is 5.09. The van der Waals surface area contributed by atoms with Crippen LogP contribution < -0.4 is 10.2 Å². The zero-order valence-electron chi connectivity index (χ0n) is 13.0. The summed E-state index contributed by atoms with van der Waals surface area (Å²) in [6.07, 6.45) is 4.97. The molecule has 0 spiro atoms. The minimum Gasteiger partial charge on any atom is -0.472 e. The SMILES string of the molecule is CN(C)c1ncccc1NC(=O)c1cccc(-c2ccoc2)c1. The summed E-state index contributed by atoms with van der Waals surface area (Å²) in [4.78, 5) is 18.7. The summed E-state index contributed by atoms with van der Waals surface area (Å²) in [5.74, 6) is 0.540. The molecule has 0 aliphatic carbocycles. The minimum atomic E-state index is -0.175. The monoisotopic (exact) mass is 307 g/mol. The molecule has 0 aliphatic rings. The Labute approximate surface area is 134 Å². The number of carbonyl (C=O) groups is 1. The summed E-state index contributed by atoms with van der Waals surface area (Å²) in [5.41, 5.74) is 3.13. The lowest BCUT2D eigenvalue weighted by Gasteiger charge is -2.16. The first-order valence-corrected chi connectivity index (χ1v) is 7.21. The van der Waals surface area contributed by atoms with Crippen molar-refractivity contribution in [3.05, 3.63) is 66.8 Å². The normalized spacial score (nSPS) is 10.3. The van der Waals surface area contributed by atoms with Gasteiger partial charge in [-0.1, -0.05) is 12.1 Å². The van der Waals surface area contributed by atoms with Gasteiger partial charge in [0.15, 0.2) is 5.82 Å². The number of benzene rings is 1. The summed E-state index contributed by atoms with van der Waals surface area (Å²) >= 11 is 0. The Morgan fingerprint density at radius 1 is 1.13 bits per heavy atom. The molecule has 0 bridgehead atoms. The fourth-order valence-corrected chi connectivity index (χ4v) is 2.31. The van der Waals surface area contributed by atoms with E-state index in [-0.39, 0.29) is 5.91 Å². The Hall–Kier alpha value is -3.08. The van der Waals surface area contributed by atoms with Crippen molar-refractivity contribution in [1.82, 2.24) is 4.98 Å². The zero-order valence-corrected chi connectivity index (χ0v) is 13.0. The maximum Gasteiger partial charge on any atom is 0.255 e. The molecule has 23 heavy (non-hydrogen) atoms. The Morgan fingerprint density at radius 2 is 2.00 bits per heavy atom. The lowest BCUT2D eigenvalue weighted by atomic mass is 10.1. The first-order valence-electron chi connectivity index (χ1n) is 7.21. The zero-order chi connectivity index (χ0) is 16.2. The third-order valence-electron chi connectivity index (χ3n) is 3.44. The number of aromatic nitrogens is 1. The van der Waals surface area contributed by atoms with Crippen LogP contribution in [0.3, 0.4) is 0 Å². The summed E-state index contributed by atoms with van der Waals surface area (Å²) in [7, 11) is 3.77. The number of carbonyl (C=O) groups excluding carboxylic acids is 1. The lowest BCUT2D eigenvalue weighted by molar-refractivity contribution is 0.102. The highest BCUT2D eigenvalue weighted by molar-refractivity contribution is 6.06. The molecule has 0 saturated carbocycles. The standard InChI is InChI=1S/C18H17N3O2/c1-21(2)17-16(7-4-9-19-17)20-18(22)14-6-3-5-13(11-14)15-8-10-23-12-15/h3-12H,1-2H3,(H,20,22). The van der Waals surface area contributed by atoms with Gasteiger partial charge in [0.25, 0.3) is 5.91 Å². The highest BCUT2D eigenvalue weighted by Gasteiger charge is 2.12. The molecular weight excluding hydrogens is 290 g/mol. The van der Waals surface area contributed by atoms with E-state index in [0.29, 0.717) is 17.1 Å². The van der Waals surface area contributed by atoms with E-state index in [9.17, 15) is 4.79 Å². The van der Waals surface area contributed by atoms with Crippen molar-refractivity contribution in [2.24, 2.45) is 0 Å². The van der Waals surface area contributed by atoms with Gasteiger partial charge < -0.3 is 14.6 Å². The third kappa shape index (κ3) is 3.23. The molecule has 2 heterocycles. The second-order valence-corrected chi connectivity index (χ2v) is 5.32. The average molecular weight is 307 g/mol. The van der Waals surface area contributed by atoms with Gasteiger partial charge in [-0.25, -0.2) is 4.98 Å². The maximum absolute atomic E-state index is 12.5. The van der Waals surface area contributed by atoms with E-state index in [1.54, 1.807) is 30.9 Å². The van der Waals surface area contributed by atoms with Gasteiger partial charge in [0.1, 0.15) is 0 Å². The van der Waals surface area contributed by atoms with Crippen LogP contribution >= 0.6 is 0 Å². The number of furan rings is 1. The Bertz CT molecular complexity index is 811. The average Bonchev–Trinajstić information content (AvgIpc) is 3.10. The highest BCUT2D eigenvalue weighted by Crippen LogP contribution is 2.23. The fraction of sp³-hybridized carbons (Fsp3) is 0.111. The molecule has 0 radical (unpaired) electrons. The molecule has 0 fully saturated rings. The predicted octanol–water partition coefficient (Wildman–Crippen LogP) is 3.66. The Morgan fingerprint density at radius 3 is 2.74 bits per heavy atom. The van der Waals surface area contributed by atoms with Crippen LogP contribution in [0.4, 0.5) is 11.5 Å². The van der Waals surface area contributed by atoms with Crippen molar-refractivity contribution in [2.45, 2.75) is 0 Å². The molecule has 0 saturated heterocycles. The Kier molecular flexibility index (Phi) is 4.10. The van der Waals surface area contributed by atoms with Gasteiger partial charge in [-0.15, -0.1) is 0 Å². The van der Waals surface area contributed by atoms with Gasteiger partial charge in [-0.3, -0.25) is 4.79 Å². The van der Waals surface area contributed by atoms with Crippen molar-refractivity contribution in [3.8, 4) is 11.1 Å². The fourth-order valence-electron chi connectivity index (χ4n) is 2.31. The molecule has 5 nitrogen and oxygen atoms in total. The molecule has 1 amide bonds. The second kappa shape index (κ2) is 6.36. The van der Waals surface area contributed by atoms with Crippen LogP contribution in [0.5, 0.6) is 0 Å². The number of nitrogens with one attached hydrogen (secondary N) is 1. The van der Waals surface area contributed by atoms with Gasteiger partial charge in [-0.05, 0) is 35.9 Å². The molecule has 3 aromatic rings. The predicted molar refractivity (Wildman–Crippen MR) is 90.7 cm³/mol. The quantitative estimate of drug-likeness (QED) is 0.799. The van der Waals surface area contributed by atoms with Crippen LogP contribution in [-0.4, -0.2) is 25.0 Å². The van der Waals surface area contributed by atoms with Crippen LogP contribution in [0.25, 0.3) is 11.1 Å². The molecule has 3 rings (SSSR count). The molecule has 0 atom stereocenters. The summed E-state index contributed by atoms with van der Waals surface area (Å²) in [6, 6.07) is 12.9. The van der Waals surface area contributed by atoms with E-state index >= 15 is 0 Å². The van der Waals surface area contributed by atoms with Crippen LogP contribution in [0, 0.1) is 0 Å². The van der Waals surface area contributed by atoms with Gasteiger partial charge in [-0.2, -0.15) is 0 Å². The highest BCUT2D eigenvalue weighted by atomic mass is 16.3. The third-order valence-corrected chi connectivity index (χ3v) is 3.44. The number of anilines is 2. The van der Waals surface area contributed by atoms with Crippen LogP contribution in [0.1, 0.15) is 10.4 Å². The molecule has 0 unspecified atom stereocenters. The largest absolute Gasteiger partial charge is 0.472 e. The van der Waals surface area contributed by atoms with E-state index in [1.807, 2.05) is 49.3 Å². The number of hydrogen-bond acceptors (Lipinski definition) is 4. The van der Waals surface area contributed by atoms with Crippen LogP contribution in [-0.2, 0) is 0 Å². The molecule has 0 aliphatic heterocycles. The van der Waals surface area contributed by atoms with E-state index in [2.05, 4.69) is 10.3 Å². The minimum absolute atomic E-state index is 0.175. The second-order valence-electron chi connectivity index (χ2n) is 5.32. The van der Waals surface area contributed by atoms with E-state index in [1.165, 1.54) is 0 Å². The number of pyridine rings is 1. The molecular formula is C18H17N3O2. The maximum atomic E-state index is 12.5. The van der Waals surface area contributed by atoms with Crippen LogP contribution in [0.2, 0.25) is 0 Å². The first-order chi connectivity index (χ1) is 11.1. The number of rotatable bonds is 4. The first kappa shape index (κ1) is 14.8. The topological polar surface area (TPSA) is 58.4 Å². The van der Waals surface area contributed by atoms with Gasteiger partial charge in [0.05, 0.1) is 18.2 Å². The number of nitrogens with zero attached hydrogens (tertiary/aromatic N) is 2. The Balaban J connectivity index is 1.86. The van der Waals surface area contributed by atoms with Gasteiger partial charge >= 0.3 is 0 Å². The summed E-state index contributed by atoms with van der Waals surface area (Å²) in [5, 5.41) is 2.91. The van der Waals surface area contributed by atoms with Crippen molar-refractivity contribution in [3.63, 3.8) is 0 Å². The smallest absolute Gasteiger partial charge is 0.255 e. The molecule has 5 heteroatoms. The van der Waals surface area contributed by atoms with Gasteiger partial charge in [0.2, 0.25) is 0 Å². The van der Waals surface area contributed by atoms with Crippen molar-refractivity contribution in [2.75, 3.05) is 24.3 Å². The van der Waals surface area contributed by atoms with E-state index in [4.69, 9.17) is 4.42 Å². The molecule has 1 aromatic carbocycles. The molecule has 2 aromatic heterocycles. The van der Waals surface area contributed by atoms with Crippen molar-refractivity contribution < 1.29 is 9.21 Å². The lowest BCUT2D eigenvalue weighted by Crippen LogP contribution is -2.17. The number of hydrogen-bond donors (Lipinski definition) is 1. The van der Waals surface area contributed by atoms with Crippen LogP contribution in [0.15, 0.2) is 65.6 Å². The number of amides is 1. The van der Waals surface area contributed by atoms with E-state index < -0.39 is 0 Å². The summed E-state index contributed by atoms with van der Waals surface area (Å²) in [6.45, 7) is 0. The van der Waals surface area contributed by atoms with Crippen molar-refractivity contribution >= 4 is 17.4 Å². The van der Waals surface area contributed by atoms with E-state index in [0.717, 1.165) is 11.1 Å². The molecule has 116 valence electrons.